The SMILES string of the molecule is CCc1ccc(C2C(C(C)=O)C(=O)C(=O)N2CCc2c[nH]c3ccccc23)c(O)c1. The van der Waals surface area contributed by atoms with Crippen LogP contribution in [0.15, 0.2) is 48.7 Å². The van der Waals surface area contributed by atoms with Gasteiger partial charge >= 0.3 is 0 Å². The lowest BCUT2D eigenvalue weighted by Crippen LogP contribution is -2.32. The van der Waals surface area contributed by atoms with Crippen LogP contribution in [-0.2, 0) is 27.2 Å². The molecule has 1 aliphatic rings. The van der Waals surface area contributed by atoms with Crippen molar-refractivity contribution in [2.75, 3.05) is 6.54 Å². The summed E-state index contributed by atoms with van der Waals surface area (Å²) in [5.74, 6) is -2.83. The van der Waals surface area contributed by atoms with Crippen molar-refractivity contribution in [2.24, 2.45) is 5.92 Å². The number of hydrogen-bond acceptors (Lipinski definition) is 4. The molecule has 1 saturated heterocycles. The molecule has 1 fully saturated rings. The molecule has 4 rings (SSSR count). The number of ketones is 2. The molecule has 2 N–H and O–H groups in total. The maximum Gasteiger partial charge on any atom is 0.291 e. The first kappa shape index (κ1) is 19.9. The van der Waals surface area contributed by atoms with E-state index in [0.29, 0.717) is 12.0 Å². The fourth-order valence-corrected chi connectivity index (χ4v) is 4.36. The zero-order valence-corrected chi connectivity index (χ0v) is 17.0. The van der Waals surface area contributed by atoms with Gasteiger partial charge in [-0.1, -0.05) is 37.3 Å². The van der Waals surface area contributed by atoms with Crippen LogP contribution in [0.3, 0.4) is 0 Å². The van der Waals surface area contributed by atoms with E-state index in [9.17, 15) is 19.5 Å². The summed E-state index contributed by atoms with van der Waals surface area (Å²) in [6.07, 6.45) is 3.17. The van der Waals surface area contributed by atoms with Crippen molar-refractivity contribution in [1.29, 1.82) is 0 Å². The first-order valence-corrected chi connectivity index (χ1v) is 10.1. The quantitative estimate of drug-likeness (QED) is 0.487. The number of phenols is 1. The van der Waals surface area contributed by atoms with Crippen molar-refractivity contribution in [2.45, 2.75) is 32.7 Å². The average Bonchev–Trinajstić information content (AvgIpc) is 3.25. The standard InChI is InChI=1S/C24H24N2O4/c1-3-15-8-9-18(20(28)12-15)22-21(14(2)27)23(29)24(30)26(22)11-10-16-13-25-19-7-5-4-6-17(16)19/h4-9,12-13,21-22,25,28H,3,10-11H2,1-2H3. The molecule has 0 spiro atoms. The van der Waals surface area contributed by atoms with Gasteiger partial charge in [0.25, 0.3) is 5.91 Å². The highest BCUT2D eigenvalue weighted by molar-refractivity contribution is 6.42. The molecule has 0 aliphatic carbocycles. The van der Waals surface area contributed by atoms with Crippen LogP contribution in [-0.4, -0.2) is 39.0 Å². The molecule has 0 saturated carbocycles. The molecule has 154 valence electrons. The first-order valence-electron chi connectivity index (χ1n) is 10.1. The lowest BCUT2D eigenvalue weighted by molar-refractivity contribution is -0.142. The largest absolute Gasteiger partial charge is 0.508 e. The molecule has 3 aromatic rings. The van der Waals surface area contributed by atoms with Gasteiger partial charge in [-0.25, -0.2) is 0 Å². The van der Waals surface area contributed by atoms with E-state index >= 15 is 0 Å². The molecule has 2 atom stereocenters. The highest BCUT2D eigenvalue weighted by Crippen LogP contribution is 2.41. The number of benzene rings is 2. The molecule has 30 heavy (non-hydrogen) atoms. The number of amides is 1. The normalized spacial score (nSPS) is 19.1. The predicted octanol–water partition coefficient (Wildman–Crippen LogP) is 3.34. The van der Waals surface area contributed by atoms with E-state index in [1.165, 1.54) is 11.8 Å². The molecule has 0 bridgehead atoms. The summed E-state index contributed by atoms with van der Waals surface area (Å²) in [5, 5.41) is 11.7. The summed E-state index contributed by atoms with van der Waals surface area (Å²) >= 11 is 0. The average molecular weight is 404 g/mol. The Kier molecular flexibility index (Phi) is 5.16. The number of aromatic amines is 1. The van der Waals surface area contributed by atoms with Crippen molar-refractivity contribution in [3.8, 4) is 5.75 Å². The van der Waals surface area contributed by atoms with Gasteiger partial charge in [0.2, 0.25) is 5.78 Å². The Balaban J connectivity index is 1.69. The Morgan fingerprint density at radius 2 is 1.93 bits per heavy atom. The molecule has 1 aliphatic heterocycles. The molecule has 2 aromatic carbocycles. The van der Waals surface area contributed by atoms with Crippen molar-refractivity contribution in [3.63, 3.8) is 0 Å². The van der Waals surface area contributed by atoms with Gasteiger partial charge in [-0.3, -0.25) is 14.4 Å². The lowest BCUT2D eigenvalue weighted by atomic mass is 9.88. The van der Waals surface area contributed by atoms with Crippen LogP contribution >= 0.6 is 0 Å². The zero-order chi connectivity index (χ0) is 21.4. The number of H-pyrrole nitrogens is 1. The molecule has 1 aromatic heterocycles. The van der Waals surface area contributed by atoms with Crippen LogP contribution in [0.1, 0.15) is 36.6 Å². The van der Waals surface area contributed by atoms with Crippen LogP contribution in [0, 0.1) is 5.92 Å². The van der Waals surface area contributed by atoms with Gasteiger partial charge < -0.3 is 15.0 Å². The number of aromatic hydroxyl groups is 1. The Labute approximate surface area is 174 Å². The summed E-state index contributed by atoms with van der Waals surface area (Å²) in [5.41, 5.74) is 3.41. The minimum atomic E-state index is -1.10. The first-order chi connectivity index (χ1) is 14.4. The van der Waals surface area contributed by atoms with Crippen LogP contribution in [0.25, 0.3) is 10.9 Å². The number of carbonyl (C=O) groups is 3. The topological polar surface area (TPSA) is 90.5 Å². The fraction of sp³-hybridized carbons (Fsp3) is 0.292. The third-order valence-electron chi connectivity index (χ3n) is 5.96. The number of nitrogens with one attached hydrogen (secondary N) is 1. The number of aryl methyl sites for hydroxylation is 1. The van der Waals surface area contributed by atoms with Crippen molar-refractivity contribution in [3.05, 3.63) is 65.4 Å². The molecular formula is C24H24N2O4. The van der Waals surface area contributed by atoms with Crippen molar-refractivity contribution >= 4 is 28.4 Å². The van der Waals surface area contributed by atoms with Crippen molar-refractivity contribution in [1.82, 2.24) is 9.88 Å². The molecule has 2 heterocycles. The molecular weight excluding hydrogens is 380 g/mol. The predicted molar refractivity (Wildman–Crippen MR) is 113 cm³/mol. The molecule has 1 amide bonds. The smallest absolute Gasteiger partial charge is 0.291 e. The van der Waals surface area contributed by atoms with E-state index in [1.54, 1.807) is 12.1 Å². The van der Waals surface area contributed by atoms with Crippen LogP contribution in [0.4, 0.5) is 0 Å². The highest BCUT2D eigenvalue weighted by atomic mass is 16.3. The van der Waals surface area contributed by atoms with Gasteiger partial charge in [-0.05, 0) is 43.0 Å². The second-order valence-corrected chi connectivity index (χ2v) is 7.75. The van der Waals surface area contributed by atoms with Crippen LogP contribution in [0.5, 0.6) is 5.75 Å². The maximum absolute atomic E-state index is 12.8. The van der Waals surface area contributed by atoms with E-state index in [2.05, 4.69) is 4.98 Å². The van der Waals surface area contributed by atoms with Gasteiger partial charge in [0.15, 0.2) is 0 Å². The Morgan fingerprint density at radius 1 is 1.17 bits per heavy atom. The van der Waals surface area contributed by atoms with Gasteiger partial charge in [0, 0.05) is 29.2 Å². The summed E-state index contributed by atoms with van der Waals surface area (Å²) in [6.45, 7) is 3.57. The van der Waals surface area contributed by atoms with Crippen molar-refractivity contribution < 1.29 is 19.5 Å². The number of phenolic OH excluding ortho intramolecular Hbond substituents is 1. The number of likely N-dealkylation sites (tertiary alicyclic amines) is 1. The number of aromatic nitrogens is 1. The second kappa shape index (κ2) is 7.78. The maximum atomic E-state index is 12.8. The number of Topliss-reactive ketones (excluding diaryl/α,β-unsaturated/α-hetero) is 2. The number of nitrogens with zero attached hydrogens (tertiary/aromatic N) is 1. The molecule has 2 unspecified atom stereocenters. The minimum Gasteiger partial charge on any atom is -0.508 e. The van der Waals surface area contributed by atoms with E-state index in [4.69, 9.17) is 0 Å². The fourth-order valence-electron chi connectivity index (χ4n) is 4.36. The van der Waals surface area contributed by atoms with Crippen LogP contribution in [0.2, 0.25) is 0 Å². The second-order valence-electron chi connectivity index (χ2n) is 7.75. The van der Waals surface area contributed by atoms with E-state index in [1.807, 2.05) is 43.5 Å². The van der Waals surface area contributed by atoms with Gasteiger partial charge in [0.1, 0.15) is 17.5 Å². The van der Waals surface area contributed by atoms with Gasteiger partial charge in [-0.15, -0.1) is 0 Å². The summed E-state index contributed by atoms with van der Waals surface area (Å²) in [4.78, 5) is 42.4. The highest BCUT2D eigenvalue weighted by Gasteiger charge is 2.50. The number of rotatable bonds is 6. The summed E-state index contributed by atoms with van der Waals surface area (Å²) in [6, 6.07) is 12.3. The third-order valence-corrected chi connectivity index (χ3v) is 5.96. The lowest BCUT2D eigenvalue weighted by Gasteiger charge is -2.27. The minimum absolute atomic E-state index is 0.00481. The molecule has 6 heteroatoms. The third kappa shape index (κ3) is 3.28. The molecule has 0 radical (unpaired) electrons. The van der Waals surface area contributed by atoms with E-state index in [-0.39, 0.29) is 18.1 Å². The van der Waals surface area contributed by atoms with Gasteiger partial charge in [0.05, 0.1) is 6.04 Å². The number of hydrogen-bond donors (Lipinski definition) is 2. The Hall–Kier alpha value is -3.41. The number of para-hydroxylation sites is 1. The summed E-state index contributed by atoms with van der Waals surface area (Å²) < 4.78 is 0. The summed E-state index contributed by atoms with van der Waals surface area (Å²) in [7, 11) is 0. The Morgan fingerprint density at radius 3 is 2.63 bits per heavy atom. The Bertz CT molecular complexity index is 1150. The monoisotopic (exact) mass is 404 g/mol. The molecule has 6 nitrogen and oxygen atoms in total. The zero-order valence-electron chi connectivity index (χ0n) is 17.0. The number of carbonyl (C=O) groups excluding carboxylic acids is 3. The number of fused-ring (bicyclic) bond motifs is 1. The van der Waals surface area contributed by atoms with Gasteiger partial charge in [-0.2, -0.15) is 0 Å². The van der Waals surface area contributed by atoms with Crippen LogP contribution < -0.4 is 0 Å². The van der Waals surface area contributed by atoms with E-state index in [0.717, 1.165) is 28.5 Å². The van der Waals surface area contributed by atoms with E-state index < -0.39 is 23.7 Å².